The zero-order chi connectivity index (χ0) is 11.9. The van der Waals surface area contributed by atoms with E-state index in [2.05, 4.69) is 4.72 Å². The van der Waals surface area contributed by atoms with Crippen LogP contribution in [0.15, 0.2) is 0 Å². The average Bonchev–Trinajstić information content (AvgIpc) is 2.28. The van der Waals surface area contributed by atoms with Gasteiger partial charge in [-0.3, -0.25) is 0 Å². The van der Waals surface area contributed by atoms with Crippen molar-refractivity contribution in [3.05, 3.63) is 0 Å². The Morgan fingerprint density at radius 3 is 2.81 bits per heavy atom. The Balaban J connectivity index is 2.18. The lowest BCUT2D eigenvalue weighted by Gasteiger charge is -2.22. The molecule has 6 heteroatoms. The highest BCUT2D eigenvalue weighted by atomic mass is 32.2. The lowest BCUT2D eigenvalue weighted by Crippen LogP contribution is -2.34. The summed E-state index contributed by atoms with van der Waals surface area (Å²) in [6, 6.07) is 0. The Labute approximate surface area is 97.8 Å². The van der Waals surface area contributed by atoms with Crippen LogP contribution in [0.5, 0.6) is 0 Å². The molecule has 1 heterocycles. The monoisotopic (exact) mass is 250 g/mol. The minimum absolute atomic E-state index is 0.178. The highest BCUT2D eigenvalue weighted by Crippen LogP contribution is 2.12. The molecule has 5 nitrogen and oxygen atoms in total. The molecule has 1 atom stereocenters. The van der Waals surface area contributed by atoms with Gasteiger partial charge in [0.25, 0.3) is 0 Å². The summed E-state index contributed by atoms with van der Waals surface area (Å²) in [5.74, 6) is 0.510. The minimum atomic E-state index is -3.11. The Morgan fingerprint density at radius 1 is 1.38 bits per heavy atom. The van der Waals surface area contributed by atoms with Crippen molar-refractivity contribution in [3.8, 4) is 0 Å². The van der Waals surface area contributed by atoms with Gasteiger partial charge in [0.05, 0.1) is 12.4 Å². The summed E-state index contributed by atoms with van der Waals surface area (Å²) in [6.07, 6.45) is 3.46. The van der Waals surface area contributed by atoms with E-state index in [9.17, 15) is 8.42 Å². The van der Waals surface area contributed by atoms with E-state index in [1.165, 1.54) is 0 Å². The summed E-state index contributed by atoms with van der Waals surface area (Å²) in [5, 5.41) is 0. The maximum absolute atomic E-state index is 11.6. The molecule has 1 fully saturated rings. The van der Waals surface area contributed by atoms with E-state index in [0.717, 1.165) is 25.9 Å². The molecular weight excluding hydrogens is 228 g/mol. The van der Waals surface area contributed by atoms with Crippen molar-refractivity contribution in [1.82, 2.24) is 4.72 Å². The van der Waals surface area contributed by atoms with Gasteiger partial charge in [-0.05, 0) is 38.1 Å². The van der Waals surface area contributed by atoms with Gasteiger partial charge in [0.1, 0.15) is 0 Å². The van der Waals surface area contributed by atoms with E-state index >= 15 is 0 Å². The maximum atomic E-state index is 11.6. The lowest BCUT2D eigenvalue weighted by molar-refractivity contribution is 0.0568. The van der Waals surface area contributed by atoms with Crippen molar-refractivity contribution >= 4 is 10.0 Å². The third kappa shape index (κ3) is 5.79. The van der Waals surface area contributed by atoms with Crippen molar-refractivity contribution in [1.29, 1.82) is 0 Å². The van der Waals surface area contributed by atoms with E-state index in [0.29, 0.717) is 32.0 Å². The number of nitrogens with two attached hydrogens (primary N) is 1. The molecule has 1 unspecified atom stereocenters. The van der Waals surface area contributed by atoms with Crippen molar-refractivity contribution in [2.75, 3.05) is 32.1 Å². The first-order valence-corrected chi connectivity index (χ1v) is 7.54. The number of sulfonamides is 1. The fourth-order valence-electron chi connectivity index (χ4n) is 1.72. The Kier molecular flexibility index (Phi) is 6.26. The van der Waals surface area contributed by atoms with Crippen LogP contribution in [-0.4, -0.2) is 40.5 Å². The standard InChI is InChI=1S/C10H22N2O3S/c11-5-1-2-7-16(13,14)12-8-10-4-3-6-15-9-10/h10,12H,1-9,11H2. The van der Waals surface area contributed by atoms with E-state index < -0.39 is 10.0 Å². The van der Waals surface area contributed by atoms with Gasteiger partial charge in [-0.25, -0.2) is 13.1 Å². The van der Waals surface area contributed by atoms with Crippen molar-refractivity contribution < 1.29 is 13.2 Å². The van der Waals surface area contributed by atoms with Crippen LogP contribution in [-0.2, 0) is 14.8 Å². The molecule has 3 N–H and O–H groups in total. The SMILES string of the molecule is NCCCCS(=O)(=O)NCC1CCCOC1. The van der Waals surface area contributed by atoms with Crippen molar-refractivity contribution in [2.45, 2.75) is 25.7 Å². The second kappa shape index (κ2) is 7.21. The first kappa shape index (κ1) is 13.9. The zero-order valence-corrected chi connectivity index (χ0v) is 10.5. The third-order valence-corrected chi connectivity index (χ3v) is 4.15. The number of ether oxygens (including phenoxy) is 1. The molecule has 0 spiro atoms. The van der Waals surface area contributed by atoms with Crippen LogP contribution in [0.1, 0.15) is 25.7 Å². The first-order chi connectivity index (χ1) is 7.64. The van der Waals surface area contributed by atoms with Gasteiger partial charge in [-0.15, -0.1) is 0 Å². The molecule has 1 aliphatic heterocycles. The van der Waals surface area contributed by atoms with Crippen molar-refractivity contribution in [2.24, 2.45) is 11.7 Å². The normalized spacial score (nSPS) is 22.2. The Bertz CT molecular complexity index is 274. The fraction of sp³-hybridized carbons (Fsp3) is 1.00. The highest BCUT2D eigenvalue weighted by molar-refractivity contribution is 7.89. The van der Waals surface area contributed by atoms with Gasteiger partial charge in [0.15, 0.2) is 0 Å². The molecule has 1 rings (SSSR count). The molecule has 0 amide bonds. The summed E-state index contributed by atoms with van der Waals surface area (Å²) >= 11 is 0. The number of hydrogen-bond acceptors (Lipinski definition) is 4. The Morgan fingerprint density at radius 2 is 2.19 bits per heavy atom. The summed E-state index contributed by atoms with van der Waals surface area (Å²) in [5.41, 5.74) is 5.32. The van der Waals surface area contributed by atoms with Crippen LogP contribution in [0, 0.1) is 5.92 Å². The minimum Gasteiger partial charge on any atom is -0.381 e. The molecule has 0 radical (unpaired) electrons. The van der Waals surface area contributed by atoms with Crippen LogP contribution in [0.25, 0.3) is 0 Å². The van der Waals surface area contributed by atoms with Gasteiger partial charge in [-0.1, -0.05) is 0 Å². The molecule has 0 aliphatic carbocycles. The number of unbranched alkanes of at least 4 members (excludes halogenated alkanes) is 1. The van der Waals surface area contributed by atoms with Gasteiger partial charge >= 0.3 is 0 Å². The number of rotatable bonds is 7. The molecule has 96 valence electrons. The Hall–Kier alpha value is -0.170. The molecule has 0 saturated carbocycles. The summed E-state index contributed by atoms with van der Waals surface area (Å²) in [6.45, 7) is 2.53. The van der Waals surface area contributed by atoms with Crippen LogP contribution >= 0.6 is 0 Å². The van der Waals surface area contributed by atoms with Crippen LogP contribution < -0.4 is 10.5 Å². The first-order valence-electron chi connectivity index (χ1n) is 5.89. The molecule has 1 saturated heterocycles. The zero-order valence-electron chi connectivity index (χ0n) is 9.65. The van der Waals surface area contributed by atoms with Crippen LogP contribution in [0.2, 0.25) is 0 Å². The van der Waals surface area contributed by atoms with E-state index in [1.54, 1.807) is 0 Å². The molecule has 1 aliphatic rings. The smallest absolute Gasteiger partial charge is 0.211 e. The quantitative estimate of drug-likeness (QED) is 0.627. The van der Waals surface area contributed by atoms with Gasteiger partial charge in [0.2, 0.25) is 10.0 Å². The summed E-state index contributed by atoms with van der Waals surface area (Å²) < 4.78 is 31.0. The predicted octanol–water partition coefficient (Wildman–Crippen LogP) is 0.0713. The molecule has 0 aromatic carbocycles. The predicted molar refractivity (Wildman–Crippen MR) is 63.6 cm³/mol. The summed E-state index contributed by atoms with van der Waals surface area (Å²) in [7, 11) is -3.11. The van der Waals surface area contributed by atoms with Gasteiger partial charge in [-0.2, -0.15) is 0 Å². The fourth-order valence-corrected chi connectivity index (χ4v) is 2.94. The van der Waals surface area contributed by atoms with Gasteiger partial charge in [0, 0.05) is 13.2 Å². The van der Waals surface area contributed by atoms with E-state index in [1.807, 2.05) is 0 Å². The van der Waals surface area contributed by atoms with Crippen LogP contribution in [0.4, 0.5) is 0 Å². The average molecular weight is 250 g/mol. The largest absolute Gasteiger partial charge is 0.381 e. The second-order valence-electron chi connectivity index (χ2n) is 4.25. The highest BCUT2D eigenvalue weighted by Gasteiger charge is 2.17. The second-order valence-corrected chi connectivity index (χ2v) is 6.17. The lowest BCUT2D eigenvalue weighted by atomic mass is 10.0. The van der Waals surface area contributed by atoms with E-state index in [-0.39, 0.29) is 5.75 Å². The number of hydrogen-bond donors (Lipinski definition) is 2. The molecule has 0 aromatic heterocycles. The van der Waals surface area contributed by atoms with E-state index in [4.69, 9.17) is 10.5 Å². The molecular formula is C10H22N2O3S. The maximum Gasteiger partial charge on any atom is 0.211 e. The summed E-state index contributed by atoms with van der Waals surface area (Å²) in [4.78, 5) is 0. The topological polar surface area (TPSA) is 81.4 Å². The molecule has 0 bridgehead atoms. The molecule has 16 heavy (non-hydrogen) atoms. The van der Waals surface area contributed by atoms with Crippen molar-refractivity contribution in [3.63, 3.8) is 0 Å². The molecule has 0 aromatic rings. The van der Waals surface area contributed by atoms with Crippen LogP contribution in [0.3, 0.4) is 0 Å². The number of nitrogens with one attached hydrogen (secondary N) is 1. The van der Waals surface area contributed by atoms with Gasteiger partial charge < -0.3 is 10.5 Å². The third-order valence-electron chi connectivity index (χ3n) is 2.71.